The molecule has 1 unspecified atom stereocenters. The molecule has 4 nitrogen and oxygen atoms in total. The first-order chi connectivity index (χ1) is 8.06. The monoisotopic (exact) mass is 298 g/mol. The van der Waals surface area contributed by atoms with Crippen molar-refractivity contribution < 1.29 is 9.90 Å². The van der Waals surface area contributed by atoms with E-state index >= 15 is 0 Å². The zero-order valence-corrected chi connectivity index (χ0v) is 10.9. The quantitative estimate of drug-likeness (QED) is 0.738. The Morgan fingerprint density at radius 3 is 2.82 bits per heavy atom. The number of carbonyl (C=O) groups is 1. The summed E-state index contributed by atoms with van der Waals surface area (Å²) in [4.78, 5) is 11.8. The van der Waals surface area contributed by atoms with Crippen LogP contribution in [-0.4, -0.2) is 23.7 Å². The maximum absolute atomic E-state index is 11.8. The lowest BCUT2D eigenvalue weighted by Gasteiger charge is -2.11. The van der Waals surface area contributed by atoms with Crippen LogP contribution in [0.5, 0.6) is 0 Å². The van der Waals surface area contributed by atoms with Gasteiger partial charge in [-0.25, -0.2) is 0 Å². The highest BCUT2D eigenvalue weighted by Crippen LogP contribution is 2.32. The number of aliphatic hydroxyl groups excluding tert-OH is 1. The summed E-state index contributed by atoms with van der Waals surface area (Å²) in [5.41, 5.74) is 6.69. The van der Waals surface area contributed by atoms with E-state index in [9.17, 15) is 9.90 Å². The molecule has 1 aliphatic carbocycles. The van der Waals surface area contributed by atoms with Gasteiger partial charge in [-0.2, -0.15) is 0 Å². The number of nitrogens with one attached hydrogen (secondary N) is 1. The van der Waals surface area contributed by atoms with Gasteiger partial charge in [0.15, 0.2) is 0 Å². The number of amides is 1. The molecule has 4 N–H and O–H groups in total. The minimum atomic E-state index is -0.427. The molecule has 1 fully saturated rings. The molecule has 0 bridgehead atoms. The zero-order chi connectivity index (χ0) is 12.4. The Labute approximate surface area is 108 Å². The van der Waals surface area contributed by atoms with Gasteiger partial charge < -0.3 is 16.2 Å². The molecule has 1 saturated carbocycles. The van der Waals surface area contributed by atoms with E-state index in [1.165, 1.54) is 0 Å². The van der Waals surface area contributed by atoms with Crippen LogP contribution < -0.4 is 11.1 Å². The molecule has 1 aromatic carbocycles. The van der Waals surface area contributed by atoms with Crippen molar-refractivity contribution >= 4 is 27.5 Å². The van der Waals surface area contributed by atoms with Crippen LogP contribution in [0.15, 0.2) is 22.7 Å². The molecule has 92 valence electrons. The molecule has 0 heterocycles. The molecule has 1 atom stereocenters. The second-order valence-corrected chi connectivity index (χ2v) is 5.30. The highest BCUT2D eigenvalue weighted by molar-refractivity contribution is 9.10. The van der Waals surface area contributed by atoms with Gasteiger partial charge >= 0.3 is 0 Å². The Kier molecular flexibility index (Phi) is 3.69. The van der Waals surface area contributed by atoms with Crippen molar-refractivity contribution in [3.05, 3.63) is 28.2 Å². The number of nitrogens with two attached hydrogens (primary N) is 1. The average molecular weight is 299 g/mol. The van der Waals surface area contributed by atoms with Gasteiger partial charge in [-0.05, 0) is 37.0 Å². The molecular weight excluding hydrogens is 284 g/mol. The summed E-state index contributed by atoms with van der Waals surface area (Å²) in [6.45, 7) is 0.302. The summed E-state index contributed by atoms with van der Waals surface area (Å²) in [5.74, 6) is 0.153. The lowest BCUT2D eigenvalue weighted by Crippen LogP contribution is -2.33. The van der Waals surface area contributed by atoms with Crippen LogP contribution in [0.1, 0.15) is 23.2 Å². The minimum Gasteiger partial charge on any atom is -0.399 e. The van der Waals surface area contributed by atoms with Crippen LogP contribution in [0.3, 0.4) is 0 Å². The van der Waals surface area contributed by atoms with E-state index in [1.54, 1.807) is 18.2 Å². The molecule has 5 heteroatoms. The minimum absolute atomic E-state index is 0.210. The van der Waals surface area contributed by atoms with Gasteiger partial charge in [-0.3, -0.25) is 4.79 Å². The SMILES string of the molecule is Nc1cc(Br)cc(C(=O)NCC(O)C2CC2)c1. The van der Waals surface area contributed by atoms with E-state index in [-0.39, 0.29) is 5.91 Å². The lowest BCUT2D eigenvalue weighted by atomic mass is 10.2. The molecule has 0 radical (unpaired) electrons. The predicted octanol–water partition coefficient (Wildman–Crippen LogP) is 1.53. The summed E-state index contributed by atoms with van der Waals surface area (Å²) in [5, 5.41) is 12.4. The third-order valence-corrected chi connectivity index (χ3v) is 3.28. The van der Waals surface area contributed by atoms with Crippen molar-refractivity contribution in [2.24, 2.45) is 5.92 Å². The van der Waals surface area contributed by atoms with Crippen molar-refractivity contribution in [1.82, 2.24) is 5.32 Å². The lowest BCUT2D eigenvalue weighted by molar-refractivity contribution is 0.0901. The van der Waals surface area contributed by atoms with Gasteiger partial charge in [0.2, 0.25) is 0 Å². The van der Waals surface area contributed by atoms with Crippen molar-refractivity contribution in [2.75, 3.05) is 12.3 Å². The summed E-state index contributed by atoms with van der Waals surface area (Å²) in [6.07, 6.45) is 1.69. The van der Waals surface area contributed by atoms with Crippen LogP contribution in [0.4, 0.5) is 5.69 Å². The molecule has 0 aliphatic heterocycles. The second-order valence-electron chi connectivity index (χ2n) is 4.39. The van der Waals surface area contributed by atoms with Crippen LogP contribution in [0.2, 0.25) is 0 Å². The Balaban J connectivity index is 1.94. The maximum atomic E-state index is 11.8. The van der Waals surface area contributed by atoms with E-state index < -0.39 is 6.10 Å². The van der Waals surface area contributed by atoms with Crippen LogP contribution in [0, 0.1) is 5.92 Å². The smallest absolute Gasteiger partial charge is 0.251 e. The predicted molar refractivity (Wildman–Crippen MR) is 69.6 cm³/mol. The van der Waals surface area contributed by atoms with Gasteiger partial charge in [-0.15, -0.1) is 0 Å². The number of aliphatic hydroxyl groups is 1. The largest absolute Gasteiger partial charge is 0.399 e. The summed E-state index contributed by atoms with van der Waals surface area (Å²) in [6, 6.07) is 5.05. The molecule has 1 aliphatic rings. The number of hydrogen-bond donors (Lipinski definition) is 3. The fraction of sp³-hybridized carbons (Fsp3) is 0.417. The van der Waals surface area contributed by atoms with E-state index in [2.05, 4.69) is 21.2 Å². The van der Waals surface area contributed by atoms with Crippen LogP contribution >= 0.6 is 15.9 Å². The first-order valence-electron chi connectivity index (χ1n) is 5.58. The normalized spacial score (nSPS) is 16.6. The fourth-order valence-corrected chi connectivity index (χ4v) is 2.20. The number of hydrogen-bond acceptors (Lipinski definition) is 3. The summed E-state index contributed by atoms with van der Waals surface area (Å²) in [7, 11) is 0. The van der Waals surface area contributed by atoms with E-state index in [0.717, 1.165) is 17.3 Å². The maximum Gasteiger partial charge on any atom is 0.251 e. The van der Waals surface area contributed by atoms with Gasteiger partial charge in [0, 0.05) is 22.3 Å². The van der Waals surface area contributed by atoms with E-state index in [0.29, 0.717) is 23.7 Å². The van der Waals surface area contributed by atoms with E-state index in [1.807, 2.05) is 0 Å². The number of benzene rings is 1. The molecule has 0 spiro atoms. The molecule has 17 heavy (non-hydrogen) atoms. The van der Waals surface area contributed by atoms with Crippen LogP contribution in [0.25, 0.3) is 0 Å². The molecule has 2 rings (SSSR count). The topological polar surface area (TPSA) is 75.4 Å². The first-order valence-corrected chi connectivity index (χ1v) is 6.38. The second kappa shape index (κ2) is 5.06. The summed E-state index contributed by atoms with van der Waals surface area (Å²) < 4.78 is 0.769. The molecule has 1 amide bonds. The summed E-state index contributed by atoms with van der Waals surface area (Å²) >= 11 is 3.29. The van der Waals surface area contributed by atoms with Crippen LogP contribution in [-0.2, 0) is 0 Å². The van der Waals surface area contributed by atoms with Gasteiger partial charge in [0.1, 0.15) is 0 Å². The number of anilines is 1. The molecule has 0 aromatic heterocycles. The molecule has 1 aromatic rings. The molecular formula is C12H15BrN2O2. The molecule has 0 saturated heterocycles. The highest BCUT2D eigenvalue weighted by atomic mass is 79.9. The number of carbonyl (C=O) groups excluding carboxylic acids is 1. The Morgan fingerprint density at radius 2 is 2.24 bits per heavy atom. The highest BCUT2D eigenvalue weighted by Gasteiger charge is 2.29. The Hall–Kier alpha value is -1.07. The van der Waals surface area contributed by atoms with Crippen molar-refractivity contribution in [3.8, 4) is 0 Å². The van der Waals surface area contributed by atoms with E-state index in [4.69, 9.17) is 5.73 Å². The Morgan fingerprint density at radius 1 is 1.53 bits per heavy atom. The number of rotatable bonds is 4. The van der Waals surface area contributed by atoms with Gasteiger partial charge in [-0.1, -0.05) is 15.9 Å². The third-order valence-electron chi connectivity index (χ3n) is 2.82. The van der Waals surface area contributed by atoms with Crippen molar-refractivity contribution in [3.63, 3.8) is 0 Å². The average Bonchev–Trinajstić information content (AvgIpc) is 3.07. The number of nitrogen functional groups attached to an aromatic ring is 1. The van der Waals surface area contributed by atoms with Gasteiger partial charge in [0.25, 0.3) is 5.91 Å². The third kappa shape index (κ3) is 3.44. The zero-order valence-electron chi connectivity index (χ0n) is 9.32. The van der Waals surface area contributed by atoms with Gasteiger partial charge in [0.05, 0.1) is 6.10 Å². The van der Waals surface area contributed by atoms with Crippen molar-refractivity contribution in [1.29, 1.82) is 0 Å². The fourth-order valence-electron chi connectivity index (χ4n) is 1.69. The van der Waals surface area contributed by atoms with Crippen molar-refractivity contribution in [2.45, 2.75) is 18.9 Å². The first kappa shape index (κ1) is 12.4. The number of halogens is 1. The Bertz CT molecular complexity index is 412. The standard InChI is InChI=1S/C12H15BrN2O2/c13-9-3-8(4-10(14)5-9)12(17)15-6-11(16)7-1-2-7/h3-5,7,11,16H,1-2,6,14H2,(H,15,17).